The third-order valence-corrected chi connectivity index (χ3v) is 8.73. The van der Waals surface area contributed by atoms with E-state index in [4.69, 9.17) is 0 Å². The number of aliphatic carboxylic acids is 1. The zero-order valence-electron chi connectivity index (χ0n) is 23.7. The highest BCUT2D eigenvalue weighted by Crippen LogP contribution is 2.37. The van der Waals surface area contributed by atoms with Gasteiger partial charge < -0.3 is 35.4 Å². The summed E-state index contributed by atoms with van der Waals surface area (Å²) in [5, 5.41) is 49.8. The Morgan fingerprint density at radius 1 is 0.767 bits per heavy atom. The molecule has 2 aromatic rings. The van der Waals surface area contributed by atoms with Crippen LogP contribution in [0.2, 0.25) is 0 Å². The minimum absolute atomic E-state index is 0.0115. The van der Waals surface area contributed by atoms with Gasteiger partial charge in [-0.15, -0.1) is 0 Å². The molecule has 2 fully saturated rings. The Labute approximate surface area is 249 Å². The molecule has 2 amide bonds. The number of amides is 2. The number of carboxylic acids is 1. The van der Waals surface area contributed by atoms with Crippen LogP contribution in [0, 0.1) is 23.5 Å². The lowest BCUT2D eigenvalue weighted by atomic mass is 9.75. The number of carbonyl (C=O) groups is 3. The smallest absolute Gasteiger partial charge is 0.480 e. The van der Waals surface area contributed by atoms with Gasteiger partial charge in [0.15, 0.2) is 0 Å². The maximum Gasteiger partial charge on any atom is 0.491 e. The molecule has 0 saturated heterocycles. The highest BCUT2D eigenvalue weighted by molar-refractivity contribution is 6.59. The fraction of sp³-hybridized carbons (Fsp3) is 0.483. The SMILES string of the molecule is O=C(O)CN(C(=O)c1ccc(F)c(B(O)O)c1)C1CCC(CC2CCC(NC(=O)c3ccc(F)c(B(O)O)c3)CC2)CC1. The first-order chi connectivity index (χ1) is 20.4. The third kappa shape index (κ3) is 8.41. The van der Waals surface area contributed by atoms with Crippen molar-refractivity contribution in [1.29, 1.82) is 0 Å². The van der Waals surface area contributed by atoms with Gasteiger partial charge in [-0.1, -0.05) is 0 Å². The molecule has 0 unspecified atom stereocenters. The summed E-state index contributed by atoms with van der Waals surface area (Å²) in [5.74, 6) is -2.96. The molecule has 0 radical (unpaired) electrons. The van der Waals surface area contributed by atoms with E-state index in [1.165, 1.54) is 17.0 Å². The van der Waals surface area contributed by atoms with Crippen LogP contribution < -0.4 is 16.2 Å². The fourth-order valence-electron chi connectivity index (χ4n) is 6.41. The van der Waals surface area contributed by atoms with E-state index in [1.807, 2.05) is 0 Å². The van der Waals surface area contributed by atoms with Crippen LogP contribution in [0.3, 0.4) is 0 Å². The molecule has 0 spiro atoms. The van der Waals surface area contributed by atoms with E-state index >= 15 is 0 Å². The Kier molecular flexibility index (Phi) is 10.9. The summed E-state index contributed by atoms with van der Waals surface area (Å²) in [6.45, 7) is -0.516. The number of nitrogens with one attached hydrogen (secondary N) is 1. The van der Waals surface area contributed by atoms with E-state index in [2.05, 4.69) is 5.32 Å². The Morgan fingerprint density at radius 2 is 1.26 bits per heavy atom. The van der Waals surface area contributed by atoms with Gasteiger partial charge in [0.2, 0.25) is 0 Å². The minimum Gasteiger partial charge on any atom is -0.480 e. The second-order valence-corrected chi connectivity index (χ2v) is 11.6. The number of benzene rings is 2. The summed E-state index contributed by atoms with van der Waals surface area (Å²) in [6.07, 6.45) is 7.27. The lowest BCUT2D eigenvalue weighted by molar-refractivity contribution is -0.138. The summed E-state index contributed by atoms with van der Waals surface area (Å²) in [4.78, 5) is 38.7. The van der Waals surface area contributed by atoms with Crippen LogP contribution in [-0.4, -0.2) is 80.8 Å². The monoisotopic (exact) mass is 600 g/mol. The molecule has 0 aromatic heterocycles. The average Bonchev–Trinajstić information content (AvgIpc) is 2.97. The summed E-state index contributed by atoms with van der Waals surface area (Å²) in [7, 11) is -4.11. The van der Waals surface area contributed by atoms with Gasteiger partial charge in [-0.2, -0.15) is 0 Å². The van der Waals surface area contributed by atoms with Crippen molar-refractivity contribution in [2.45, 2.75) is 69.9 Å². The van der Waals surface area contributed by atoms with E-state index in [9.17, 15) is 48.4 Å². The summed E-state index contributed by atoms with van der Waals surface area (Å²) in [6, 6.07) is 6.33. The van der Waals surface area contributed by atoms with Crippen molar-refractivity contribution in [3.8, 4) is 0 Å². The van der Waals surface area contributed by atoms with Crippen molar-refractivity contribution >= 4 is 42.9 Å². The molecular formula is C29H36B2F2N2O8. The molecule has 4 rings (SSSR count). The standard InChI is InChI=1S/C29H36B2F2N2O8/c32-25-11-5-19(14-23(25)30(40)41)28(38)34-21-7-1-17(2-8-21)13-18-3-9-22(10-4-18)35(16-27(36)37)29(39)20-6-12-26(33)24(15-20)31(42)43/h5-6,11-12,14-15,17-18,21-22,40-43H,1-4,7-10,13,16H2,(H,34,38)(H,36,37). The van der Waals surface area contributed by atoms with Crippen LogP contribution in [-0.2, 0) is 4.79 Å². The van der Waals surface area contributed by atoms with E-state index in [0.717, 1.165) is 69.2 Å². The molecule has 2 aromatic carbocycles. The molecule has 2 aliphatic rings. The van der Waals surface area contributed by atoms with Gasteiger partial charge in [0.05, 0.1) is 0 Å². The molecule has 2 aliphatic carbocycles. The Morgan fingerprint density at radius 3 is 1.77 bits per heavy atom. The number of halogens is 2. The van der Waals surface area contributed by atoms with Crippen LogP contribution in [0.4, 0.5) is 8.78 Å². The Bertz CT molecular complexity index is 1320. The van der Waals surface area contributed by atoms with Crippen molar-refractivity contribution in [1.82, 2.24) is 10.2 Å². The number of carboxylic acid groups (broad SMARTS) is 1. The highest BCUT2D eigenvalue weighted by Gasteiger charge is 2.33. The lowest BCUT2D eigenvalue weighted by Crippen LogP contribution is -2.46. The fourth-order valence-corrected chi connectivity index (χ4v) is 6.41. The summed E-state index contributed by atoms with van der Waals surface area (Å²) in [5.41, 5.74) is -0.662. The van der Waals surface area contributed by atoms with Gasteiger partial charge in [0.1, 0.15) is 18.2 Å². The number of nitrogens with zero attached hydrogens (tertiary/aromatic N) is 1. The lowest BCUT2D eigenvalue weighted by Gasteiger charge is -2.38. The number of carbonyl (C=O) groups excluding carboxylic acids is 2. The molecule has 230 valence electrons. The second-order valence-electron chi connectivity index (χ2n) is 11.6. The van der Waals surface area contributed by atoms with Gasteiger partial charge in [0, 0.05) is 34.1 Å². The molecule has 14 heteroatoms. The van der Waals surface area contributed by atoms with Crippen molar-refractivity contribution in [3.63, 3.8) is 0 Å². The van der Waals surface area contributed by atoms with Crippen LogP contribution in [0.15, 0.2) is 36.4 Å². The molecule has 43 heavy (non-hydrogen) atoms. The first-order valence-electron chi connectivity index (χ1n) is 14.6. The van der Waals surface area contributed by atoms with Crippen molar-refractivity contribution in [2.75, 3.05) is 6.54 Å². The van der Waals surface area contributed by atoms with Gasteiger partial charge >= 0.3 is 20.2 Å². The Balaban J connectivity index is 1.27. The van der Waals surface area contributed by atoms with Crippen molar-refractivity contribution in [2.24, 2.45) is 11.8 Å². The maximum atomic E-state index is 13.9. The number of hydrogen-bond donors (Lipinski definition) is 6. The third-order valence-electron chi connectivity index (χ3n) is 8.73. The number of rotatable bonds is 10. The molecule has 0 bridgehead atoms. The van der Waals surface area contributed by atoms with Crippen molar-refractivity contribution in [3.05, 3.63) is 59.2 Å². The maximum absolute atomic E-state index is 13.9. The van der Waals surface area contributed by atoms with Crippen LogP contribution in [0.5, 0.6) is 0 Å². The molecular weight excluding hydrogens is 564 g/mol. The normalized spacial score (nSPS) is 22.0. The zero-order valence-corrected chi connectivity index (χ0v) is 23.7. The van der Waals surface area contributed by atoms with Crippen molar-refractivity contribution < 1.29 is 48.4 Å². The zero-order chi connectivity index (χ0) is 31.3. The minimum atomic E-state index is -2.10. The molecule has 0 aliphatic heterocycles. The average molecular weight is 600 g/mol. The summed E-state index contributed by atoms with van der Waals surface area (Å²) < 4.78 is 27.6. The summed E-state index contributed by atoms with van der Waals surface area (Å²) >= 11 is 0. The van der Waals surface area contributed by atoms with Crippen LogP contribution in [0.25, 0.3) is 0 Å². The van der Waals surface area contributed by atoms with E-state index in [0.29, 0.717) is 24.7 Å². The highest BCUT2D eigenvalue weighted by atomic mass is 19.1. The van der Waals surface area contributed by atoms with Gasteiger partial charge in [0.25, 0.3) is 11.8 Å². The van der Waals surface area contributed by atoms with Crippen LogP contribution in [0.1, 0.15) is 78.5 Å². The molecule has 2 saturated carbocycles. The topological polar surface area (TPSA) is 168 Å². The van der Waals surface area contributed by atoms with Crippen LogP contribution >= 0.6 is 0 Å². The predicted octanol–water partition coefficient (Wildman–Crippen LogP) is 0.789. The quantitative estimate of drug-likeness (QED) is 0.218. The first kappa shape index (κ1) is 32.6. The molecule has 0 atom stereocenters. The molecule has 0 heterocycles. The van der Waals surface area contributed by atoms with Gasteiger partial charge in [-0.05, 0) is 106 Å². The van der Waals surface area contributed by atoms with E-state index in [-0.39, 0.29) is 28.7 Å². The Hall–Kier alpha value is -3.32. The van der Waals surface area contributed by atoms with E-state index in [1.54, 1.807) is 0 Å². The molecule has 10 nitrogen and oxygen atoms in total. The molecule has 6 N–H and O–H groups in total. The predicted molar refractivity (Wildman–Crippen MR) is 155 cm³/mol. The second kappa shape index (κ2) is 14.4. The van der Waals surface area contributed by atoms with Gasteiger partial charge in [-0.25, -0.2) is 8.78 Å². The van der Waals surface area contributed by atoms with E-state index < -0.39 is 55.7 Å². The first-order valence-corrected chi connectivity index (χ1v) is 14.6. The number of hydrogen-bond acceptors (Lipinski definition) is 7. The largest absolute Gasteiger partial charge is 0.491 e. The van der Waals surface area contributed by atoms with Gasteiger partial charge in [-0.3, -0.25) is 14.4 Å².